The van der Waals surface area contributed by atoms with Crippen LogP contribution >= 0.6 is 0 Å². The Balaban J connectivity index is 1.39. The van der Waals surface area contributed by atoms with Gasteiger partial charge < -0.3 is 24.3 Å². The number of ketones is 2. The SMILES string of the molecule is COCCOc1cc2ncnc(Nc3ccc(Oc4ccc5ncccc5c4)cc3C3=CC(=O)C=CC3=O)c2cc1OC. The van der Waals surface area contributed by atoms with Gasteiger partial charge in [0.05, 0.1) is 24.8 Å². The summed E-state index contributed by atoms with van der Waals surface area (Å²) in [7, 11) is 3.15. The summed E-state index contributed by atoms with van der Waals surface area (Å²) in [4.78, 5) is 38.5. The first-order chi connectivity index (χ1) is 21.0. The van der Waals surface area contributed by atoms with Gasteiger partial charge in [0.15, 0.2) is 23.1 Å². The van der Waals surface area contributed by atoms with E-state index < -0.39 is 0 Å². The Hall–Kier alpha value is -5.61. The molecule has 1 N–H and O–H groups in total. The molecule has 0 aliphatic heterocycles. The van der Waals surface area contributed by atoms with Crippen molar-refractivity contribution in [2.75, 3.05) is 32.8 Å². The van der Waals surface area contributed by atoms with Gasteiger partial charge in [-0.15, -0.1) is 0 Å². The molecule has 0 amide bonds. The van der Waals surface area contributed by atoms with E-state index in [1.807, 2.05) is 30.3 Å². The first kappa shape index (κ1) is 27.6. The molecule has 10 nitrogen and oxygen atoms in total. The molecule has 6 rings (SSSR count). The zero-order valence-electron chi connectivity index (χ0n) is 23.4. The van der Waals surface area contributed by atoms with Gasteiger partial charge in [0, 0.05) is 47.0 Å². The number of anilines is 2. The molecule has 10 heteroatoms. The van der Waals surface area contributed by atoms with Crippen molar-refractivity contribution < 1.29 is 28.5 Å². The number of nitrogens with one attached hydrogen (secondary N) is 1. The number of allylic oxidation sites excluding steroid dienone is 4. The second-order valence-corrected chi connectivity index (χ2v) is 9.53. The molecule has 3 aromatic carbocycles. The maximum absolute atomic E-state index is 13.0. The zero-order valence-corrected chi connectivity index (χ0v) is 23.4. The first-order valence-electron chi connectivity index (χ1n) is 13.4. The summed E-state index contributed by atoms with van der Waals surface area (Å²) in [6.45, 7) is 0.767. The van der Waals surface area contributed by atoms with Crippen molar-refractivity contribution in [1.82, 2.24) is 15.0 Å². The minimum atomic E-state index is -0.302. The quantitative estimate of drug-likeness (QED) is 0.161. The van der Waals surface area contributed by atoms with Crippen LogP contribution < -0.4 is 19.5 Å². The number of carbonyl (C=O) groups excluding carboxylic acids is 2. The predicted octanol–water partition coefficient (Wildman–Crippen LogP) is 5.84. The molecule has 0 saturated heterocycles. The van der Waals surface area contributed by atoms with Gasteiger partial charge in [-0.2, -0.15) is 0 Å². The van der Waals surface area contributed by atoms with Crippen LogP contribution in [0.4, 0.5) is 11.5 Å². The van der Waals surface area contributed by atoms with Crippen LogP contribution in [0, 0.1) is 0 Å². The molecule has 1 aliphatic rings. The second-order valence-electron chi connectivity index (χ2n) is 9.53. The van der Waals surface area contributed by atoms with Crippen LogP contribution in [0.3, 0.4) is 0 Å². The van der Waals surface area contributed by atoms with Crippen molar-refractivity contribution >= 4 is 50.5 Å². The van der Waals surface area contributed by atoms with E-state index in [4.69, 9.17) is 18.9 Å². The second kappa shape index (κ2) is 12.1. The van der Waals surface area contributed by atoms with Gasteiger partial charge in [0.1, 0.15) is 30.3 Å². The standard InChI is InChI=1S/C33H26N4O6/c1-40-12-13-42-32-18-29-26(17-31(32)41-2)33(36-19-35-29)37-28-9-7-23(16-24(28)25-15-21(38)5-10-30(25)39)43-22-6-8-27-20(14-22)4-3-11-34-27/h3-11,14-19H,12-13H2,1-2H3,(H,35,36,37). The highest BCUT2D eigenvalue weighted by molar-refractivity contribution is 6.34. The van der Waals surface area contributed by atoms with Gasteiger partial charge in [0.2, 0.25) is 0 Å². The molecule has 0 radical (unpaired) electrons. The number of ether oxygens (including phenoxy) is 4. The topological polar surface area (TPSA) is 122 Å². The molecule has 2 heterocycles. The zero-order chi connectivity index (χ0) is 29.8. The van der Waals surface area contributed by atoms with Gasteiger partial charge in [0.25, 0.3) is 0 Å². The third kappa shape index (κ3) is 5.90. The average molecular weight is 575 g/mol. The number of hydrogen-bond donors (Lipinski definition) is 1. The highest BCUT2D eigenvalue weighted by Gasteiger charge is 2.21. The molecule has 0 atom stereocenters. The molecular weight excluding hydrogens is 548 g/mol. The molecule has 5 aromatic rings. The minimum Gasteiger partial charge on any atom is -0.493 e. The van der Waals surface area contributed by atoms with Crippen LogP contribution in [0.15, 0.2) is 91.4 Å². The van der Waals surface area contributed by atoms with Gasteiger partial charge in [-0.25, -0.2) is 9.97 Å². The molecule has 0 fully saturated rings. The summed E-state index contributed by atoms with van der Waals surface area (Å²) in [6.07, 6.45) is 7.00. The summed E-state index contributed by atoms with van der Waals surface area (Å²) in [5, 5.41) is 4.92. The van der Waals surface area contributed by atoms with E-state index in [0.29, 0.717) is 64.2 Å². The monoisotopic (exact) mass is 574 g/mol. The molecular formula is C33H26N4O6. The summed E-state index contributed by atoms with van der Waals surface area (Å²) >= 11 is 0. The molecule has 0 spiro atoms. The molecule has 0 unspecified atom stereocenters. The largest absolute Gasteiger partial charge is 0.493 e. The molecule has 1 aliphatic carbocycles. The number of aromatic nitrogens is 3. The number of hydrogen-bond acceptors (Lipinski definition) is 10. The number of rotatable bonds is 10. The van der Waals surface area contributed by atoms with Crippen molar-refractivity contribution in [2.24, 2.45) is 0 Å². The Morgan fingerprint density at radius 1 is 0.814 bits per heavy atom. The molecule has 43 heavy (non-hydrogen) atoms. The number of nitrogens with zero attached hydrogens (tertiary/aromatic N) is 3. The van der Waals surface area contributed by atoms with Crippen molar-refractivity contribution in [3.05, 3.63) is 97.0 Å². The van der Waals surface area contributed by atoms with E-state index in [-0.39, 0.29) is 17.1 Å². The van der Waals surface area contributed by atoms with E-state index >= 15 is 0 Å². The van der Waals surface area contributed by atoms with Crippen LogP contribution in [0.5, 0.6) is 23.0 Å². The van der Waals surface area contributed by atoms with Crippen molar-refractivity contribution in [2.45, 2.75) is 0 Å². The van der Waals surface area contributed by atoms with E-state index in [1.165, 1.54) is 24.6 Å². The smallest absolute Gasteiger partial charge is 0.186 e. The van der Waals surface area contributed by atoms with Gasteiger partial charge >= 0.3 is 0 Å². The lowest BCUT2D eigenvalue weighted by Gasteiger charge is -2.18. The van der Waals surface area contributed by atoms with E-state index in [9.17, 15) is 9.59 Å². The van der Waals surface area contributed by atoms with Crippen molar-refractivity contribution in [1.29, 1.82) is 0 Å². The molecule has 0 saturated carbocycles. The number of carbonyl (C=O) groups is 2. The third-order valence-electron chi connectivity index (χ3n) is 6.76. The summed E-state index contributed by atoms with van der Waals surface area (Å²) in [5.41, 5.74) is 2.70. The minimum absolute atomic E-state index is 0.230. The predicted molar refractivity (Wildman–Crippen MR) is 162 cm³/mol. The van der Waals surface area contributed by atoms with Crippen LogP contribution in [0.2, 0.25) is 0 Å². The Kier molecular flexibility index (Phi) is 7.75. The lowest BCUT2D eigenvalue weighted by Crippen LogP contribution is -2.09. The van der Waals surface area contributed by atoms with E-state index in [1.54, 1.807) is 50.7 Å². The molecule has 214 valence electrons. The Labute approximate surface area is 246 Å². The number of benzene rings is 3. The fraction of sp³-hybridized carbons (Fsp3) is 0.121. The summed E-state index contributed by atoms with van der Waals surface area (Å²) in [6, 6.07) is 18.2. The normalized spacial score (nSPS) is 12.8. The molecule has 0 bridgehead atoms. The Morgan fingerprint density at radius 2 is 1.67 bits per heavy atom. The van der Waals surface area contributed by atoms with Crippen LogP contribution in [0.1, 0.15) is 5.56 Å². The van der Waals surface area contributed by atoms with Crippen LogP contribution in [-0.4, -0.2) is 54.0 Å². The molecule has 2 aromatic heterocycles. The Morgan fingerprint density at radius 3 is 2.53 bits per heavy atom. The Bertz CT molecular complexity index is 1930. The summed E-state index contributed by atoms with van der Waals surface area (Å²) < 4.78 is 22.6. The van der Waals surface area contributed by atoms with Crippen molar-refractivity contribution in [3.63, 3.8) is 0 Å². The van der Waals surface area contributed by atoms with Crippen molar-refractivity contribution in [3.8, 4) is 23.0 Å². The third-order valence-corrected chi connectivity index (χ3v) is 6.76. The average Bonchev–Trinajstić information content (AvgIpc) is 3.03. The summed E-state index contributed by atoms with van der Waals surface area (Å²) in [5.74, 6) is 1.98. The van der Waals surface area contributed by atoms with Crippen LogP contribution in [-0.2, 0) is 14.3 Å². The van der Waals surface area contributed by atoms with Gasteiger partial charge in [-0.3, -0.25) is 14.6 Å². The van der Waals surface area contributed by atoms with Crippen LogP contribution in [0.25, 0.3) is 27.4 Å². The number of fused-ring (bicyclic) bond motifs is 2. The fourth-order valence-electron chi connectivity index (χ4n) is 4.69. The van der Waals surface area contributed by atoms with Gasteiger partial charge in [-0.05, 0) is 66.8 Å². The van der Waals surface area contributed by atoms with E-state index in [0.717, 1.165) is 10.9 Å². The maximum atomic E-state index is 13.0. The highest BCUT2D eigenvalue weighted by Crippen LogP contribution is 2.38. The maximum Gasteiger partial charge on any atom is 0.186 e. The lowest BCUT2D eigenvalue weighted by atomic mass is 9.94. The fourth-order valence-corrected chi connectivity index (χ4v) is 4.69. The highest BCUT2D eigenvalue weighted by atomic mass is 16.5. The van der Waals surface area contributed by atoms with Gasteiger partial charge in [-0.1, -0.05) is 6.07 Å². The van der Waals surface area contributed by atoms with E-state index in [2.05, 4.69) is 20.3 Å². The number of methoxy groups -OCH3 is 2. The number of pyridine rings is 1. The lowest BCUT2D eigenvalue weighted by molar-refractivity contribution is -0.113. The first-order valence-corrected chi connectivity index (χ1v) is 13.4.